The molecule has 0 aromatic rings. The average Bonchev–Trinajstić information content (AvgIpc) is 2.53. The number of aliphatic carboxylic acids is 1. The normalized spacial score (nSPS) is 26.8. The van der Waals surface area contributed by atoms with Gasteiger partial charge in [-0.1, -0.05) is 6.92 Å². The van der Waals surface area contributed by atoms with Crippen LogP contribution < -0.4 is 0 Å². The minimum Gasteiger partial charge on any atom is -0.481 e. The van der Waals surface area contributed by atoms with E-state index in [0.717, 1.165) is 12.8 Å². The Balaban J connectivity index is 2.10. The minimum atomic E-state index is -0.705. The number of rotatable bonds is 5. The molecule has 1 rings (SSSR count). The van der Waals surface area contributed by atoms with E-state index in [-0.39, 0.29) is 17.9 Å². The Hall–Kier alpha value is -0.570. The van der Waals surface area contributed by atoms with Crippen LogP contribution in [0, 0.1) is 5.92 Å². The van der Waals surface area contributed by atoms with Crippen LogP contribution in [0.1, 0.15) is 40.0 Å². The molecule has 76 valence electrons. The van der Waals surface area contributed by atoms with Crippen LogP contribution in [0.5, 0.6) is 0 Å². The van der Waals surface area contributed by atoms with Crippen LogP contribution in [0.2, 0.25) is 0 Å². The zero-order valence-electron chi connectivity index (χ0n) is 8.54. The summed E-state index contributed by atoms with van der Waals surface area (Å²) in [6.45, 7) is 6.11. The lowest BCUT2D eigenvalue weighted by molar-refractivity contribution is -0.138. The Bertz CT molecular complexity index is 198. The molecular formula is C10H18O3. The average molecular weight is 186 g/mol. The second-order valence-electron chi connectivity index (χ2n) is 4.49. The van der Waals surface area contributed by atoms with Crippen molar-refractivity contribution in [3.63, 3.8) is 0 Å². The monoisotopic (exact) mass is 186 g/mol. The summed E-state index contributed by atoms with van der Waals surface area (Å²) in [5, 5.41) is 8.54. The van der Waals surface area contributed by atoms with E-state index in [1.807, 2.05) is 6.92 Å². The predicted octanol–water partition coefficient (Wildman–Crippen LogP) is 2.05. The molecule has 1 saturated heterocycles. The van der Waals surface area contributed by atoms with Crippen LogP contribution in [0.4, 0.5) is 0 Å². The van der Waals surface area contributed by atoms with Gasteiger partial charge >= 0.3 is 5.97 Å². The van der Waals surface area contributed by atoms with Crippen LogP contribution >= 0.6 is 0 Å². The molecular weight excluding hydrogens is 168 g/mol. The molecule has 1 aliphatic rings. The second-order valence-corrected chi connectivity index (χ2v) is 4.49. The molecule has 0 radical (unpaired) electrons. The molecule has 0 saturated carbocycles. The van der Waals surface area contributed by atoms with Gasteiger partial charge in [0.05, 0.1) is 11.7 Å². The van der Waals surface area contributed by atoms with Gasteiger partial charge in [0.25, 0.3) is 0 Å². The lowest BCUT2D eigenvalue weighted by atomic mass is 9.97. The molecule has 13 heavy (non-hydrogen) atoms. The fourth-order valence-corrected chi connectivity index (χ4v) is 1.58. The highest BCUT2D eigenvalue weighted by Gasteiger charge is 2.46. The van der Waals surface area contributed by atoms with E-state index in [1.54, 1.807) is 0 Å². The molecule has 2 atom stereocenters. The fraction of sp³-hybridized carbons (Fsp3) is 0.900. The SMILES string of the molecule is C[C@H](CCC1OC1(C)C)CC(=O)O. The van der Waals surface area contributed by atoms with E-state index in [1.165, 1.54) is 0 Å². The molecule has 0 spiro atoms. The third-order valence-electron chi connectivity index (χ3n) is 2.61. The van der Waals surface area contributed by atoms with Gasteiger partial charge < -0.3 is 9.84 Å². The van der Waals surface area contributed by atoms with Crippen molar-refractivity contribution in [3.05, 3.63) is 0 Å². The summed E-state index contributed by atoms with van der Waals surface area (Å²) in [5.41, 5.74) is 0.0446. The summed E-state index contributed by atoms with van der Waals surface area (Å²) in [5.74, 6) is -0.444. The van der Waals surface area contributed by atoms with Crippen molar-refractivity contribution in [2.45, 2.75) is 51.7 Å². The molecule has 3 heteroatoms. The number of ether oxygens (including phenoxy) is 1. The summed E-state index contributed by atoms with van der Waals surface area (Å²) >= 11 is 0. The van der Waals surface area contributed by atoms with Crippen LogP contribution in [0.3, 0.4) is 0 Å². The van der Waals surface area contributed by atoms with Crippen molar-refractivity contribution in [2.24, 2.45) is 5.92 Å². The predicted molar refractivity (Wildman–Crippen MR) is 49.6 cm³/mol. The third kappa shape index (κ3) is 3.35. The highest BCUT2D eigenvalue weighted by atomic mass is 16.6. The van der Waals surface area contributed by atoms with Gasteiger partial charge in [0.2, 0.25) is 0 Å². The van der Waals surface area contributed by atoms with Gasteiger partial charge in [-0.2, -0.15) is 0 Å². The van der Waals surface area contributed by atoms with Gasteiger partial charge in [0.1, 0.15) is 0 Å². The number of carboxylic acid groups (broad SMARTS) is 1. The van der Waals surface area contributed by atoms with Crippen molar-refractivity contribution >= 4 is 5.97 Å². The van der Waals surface area contributed by atoms with E-state index >= 15 is 0 Å². The second kappa shape index (κ2) is 3.66. The van der Waals surface area contributed by atoms with Crippen LogP contribution in [-0.4, -0.2) is 22.8 Å². The Morgan fingerprint density at radius 1 is 1.62 bits per heavy atom. The number of hydrogen-bond acceptors (Lipinski definition) is 2. The number of carbonyl (C=O) groups is 1. The molecule has 1 unspecified atom stereocenters. The van der Waals surface area contributed by atoms with Crippen molar-refractivity contribution < 1.29 is 14.6 Å². The first-order valence-corrected chi connectivity index (χ1v) is 4.81. The summed E-state index contributed by atoms with van der Waals surface area (Å²) in [7, 11) is 0. The van der Waals surface area contributed by atoms with E-state index < -0.39 is 5.97 Å². The van der Waals surface area contributed by atoms with E-state index in [4.69, 9.17) is 9.84 Å². The first-order valence-electron chi connectivity index (χ1n) is 4.81. The number of hydrogen-bond donors (Lipinski definition) is 1. The Morgan fingerprint density at radius 3 is 2.54 bits per heavy atom. The quantitative estimate of drug-likeness (QED) is 0.668. The molecule has 1 heterocycles. The molecule has 0 aromatic heterocycles. The molecule has 1 aliphatic heterocycles. The van der Waals surface area contributed by atoms with Gasteiger partial charge in [-0.05, 0) is 32.6 Å². The van der Waals surface area contributed by atoms with Gasteiger partial charge in [-0.15, -0.1) is 0 Å². The van der Waals surface area contributed by atoms with Crippen molar-refractivity contribution in [2.75, 3.05) is 0 Å². The Labute approximate surface area is 79.1 Å². The standard InChI is InChI=1S/C10H18O3/c1-7(6-9(11)12)4-5-8-10(2,3)13-8/h7-8H,4-6H2,1-3H3,(H,11,12)/t7-,8?/m1/s1. The van der Waals surface area contributed by atoms with E-state index in [0.29, 0.717) is 6.10 Å². The minimum absolute atomic E-state index is 0.0446. The van der Waals surface area contributed by atoms with Crippen LogP contribution in [0.25, 0.3) is 0 Å². The summed E-state index contributed by atoms with van der Waals surface area (Å²) < 4.78 is 5.41. The largest absolute Gasteiger partial charge is 0.481 e. The lowest BCUT2D eigenvalue weighted by Crippen LogP contribution is -2.08. The summed E-state index contributed by atoms with van der Waals surface area (Å²) in [4.78, 5) is 10.4. The number of carboxylic acids is 1. The number of epoxide rings is 1. The smallest absolute Gasteiger partial charge is 0.303 e. The molecule has 0 aliphatic carbocycles. The van der Waals surface area contributed by atoms with Gasteiger partial charge in [-0.3, -0.25) is 4.79 Å². The van der Waals surface area contributed by atoms with Gasteiger partial charge in [0.15, 0.2) is 0 Å². The van der Waals surface area contributed by atoms with E-state index in [9.17, 15) is 4.79 Å². The van der Waals surface area contributed by atoms with Crippen molar-refractivity contribution in [3.8, 4) is 0 Å². The Morgan fingerprint density at radius 2 is 2.15 bits per heavy atom. The maximum atomic E-state index is 10.4. The molecule has 1 fully saturated rings. The molecule has 3 nitrogen and oxygen atoms in total. The van der Waals surface area contributed by atoms with Crippen molar-refractivity contribution in [1.82, 2.24) is 0 Å². The topological polar surface area (TPSA) is 49.8 Å². The van der Waals surface area contributed by atoms with Gasteiger partial charge in [0, 0.05) is 6.42 Å². The lowest BCUT2D eigenvalue weighted by Gasteiger charge is -2.06. The highest BCUT2D eigenvalue weighted by Crippen LogP contribution is 2.39. The van der Waals surface area contributed by atoms with Crippen LogP contribution in [0.15, 0.2) is 0 Å². The fourth-order valence-electron chi connectivity index (χ4n) is 1.58. The van der Waals surface area contributed by atoms with E-state index in [2.05, 4.69) is 13.8 Å². The molecule has 1 N–H and O–H groups in total. The highest BCUT2D eigenvalue weighted by molar-refractivity contribution is 5.66. The molecule has 0 aromatic carbocycles. The molecule has 0 amide bonds. The first-order chi connectivity index (χ1) is 5.92. The zero-order chi connectivity index (χ0) is 10.1. The maximum absolute atomic E-state index is 10.4. The Kier molecular flexibility index (Phi) is 2.96. The first kappa shape index (κ1) is 10.5. The van der Waals surface area contributed by atoms with Gasteiger partial charge in [-0.25, -0.2) is 0 Å². The maximum Gasteiger partial charge on any atom is 0.303 e. The molecule has 0 bridgehead atoms. The third-order valence-corrected chi connectivity index (χ3v) is 2.61. The summed E-state index contributed by atoms with van der Waals surface area (Å²) in [6, 6.07) is 0. The van der Waals surface area contributed by atoms with Crippen LogP contribution in [-0.2, 0) is 9.53 Å². The zero-order valence-corrected chi connectivity index (χ0v) is 8.54. The summed E-state index contributed by atoms with van der Waals surface area (Å²) in [6.07, 6.45) is 2.55. The van der Waals surface area contributed by atoms with Crippen molar-refractivity contribution in [1.29, 1.82) is 0 Å².